The first kappa shape index (κ1) is 10.5. The molecule has 3 fully saturated rings. The van der Waals surface area contributed by atoms with Crippen LogP contribution in [0.2, 0.25) is 0 Å². The number of likely N-dealkylation sites (tertiary alicyclic amines) is 1. The van der Waals surface area contributed by atoms with E-state index in [0.717, 1.165) is 32.2 Å². The van der Waals surface area contributed by atoms with Crippen LogP contribution in [0.3, 0.4) is 0 Å². The predicted octanol–water partition coefficient (Wildman–Crippen LogP) is 0.376. The molecule has 4 nitrogen and oxygen atoms in total. The third-order valence-corrected chi connectivity index (χ3v) is 4.14. The maximum absolute atomic E-state index is 12.1. The summed E-state index contributed by atoms with van der Waals surface area (Å²) >= 11 is 0. The molecule has 3 unspecified atom stereocenters. The summed E-state index contributed by atoms with van der Waals surface area (Å²) in [6.07, 6.45) is 4.46. The summed E-state index contributed by atoms with van der Waals surface area (Å²) in [6, 6.07) is 0.550. The van der Waals surface area contributed by atoms with Crippen LogP contribution in [0.4, 0.5) is 0 Å². The van der Waals surface area contributed by atoms with E-state index in [1.165, 1.54) is 19.3 Å². The maximum Gasteiger partial charge on any atom is 0.225 e. The van der Waals surface area contributed by atoms with Gasteiger partial charge < -0.3 is 15.0 Å². The molecule has 4 heteroatoms. The van der Waals surface area contributed by atoms with Gasteiger partial charge in [-0.3, -0.25) is 4.79 Å². The van der Waals surface area contributed by atoms with Gasteiger partial charge in [-0.05, 0) is 25.2 Å². The molecular weight excluding hydrogens is 204 g/mol. The highest BCUT2D eigenvalue weighted by atomic mass is 16.5. The number of ether oxygens (including phenoxy) is 1. The Morgan fingerprint density at radius 3 is 3.00 bits per heavy atom. The first-order chi connectivity index (χ1) is 7.83. The standard InChI is InChI=1S/C12H20N2O2/c15-12(6-11-7-13-3-4-16-11)14-8-9-1-2-10(14)5-9/h9-11,13H,1-8H2. The van der Waals surface area contributed by atoms with Crippen LogP contribution in [-0.4, -0.2) is 49.2 Å². The van der Waals surface area contributed by atoms with Crippen molar-refractivity contribution in [2.45, 2.75) is 37.8 Å². The van der Waals surface area contributed by atoms with E-state index < -0.39 is 0 Å². The molecule has 3 rings (SSSR count). The van der Waals surface area contributed by atoms with Crippen LogP contribution in [0, 0.1) is 5.92 Å². The summed E-state index contributed by atoms with van der Waals surface area (Å²) in [5, 5.41) is 3.27. The largest absolute Gasteiger partial charge is 0.375 e. The van der Waals surface area contributed by atoms with Gasteiger partial charge in [0.25, 0.3) is 0 Å². The fraction of sp³-hybridized carbons (Fsp3) is 0.917. The smallest absolute Gasteiger partial charge is 0.225 e. The van der Waals surface area contributed by atoms with Crippen molar-refractivity contribution in [2.75, 3.05) is 26.2 Å². The normalized spacial score (nSPS) is 38.0. The van der Waals surface area contributed by atoms with Gasteiger partial charge >= 0.3 is 0 Å². The number of carbonyl (C=O) groups excluding carboxylic acids is 1. The number of carbonyl (C=O) groups is 1. The van der Waals surface area contributed by atoms with E-state index in [1.807, 2.05) is 0 Å². The second-order valence-corrected chi connectivity index (χ2v) is 5.28. The van der Waals surface area contributed by atoms with Crippen molar-refractivity contribution in [3.63, 3.8) is 0 Å². The van der Waals surface area contributed by atoms with E-state index in [-0.39, 0.29) is 6.10 Å². The maximum atomic E-state index is 12.1. The van der Waals surface area contributed by atoms with Crippen LogP contribution < -0.4 is 5.32 Å². The number of amides is 1. The first-order valence-electron chi connectivity index (χ1n) is 6.44. The summed E-state index contributed by atoms with van der Waals surface area (Å²) < 4.78 is 5.58. The second-order valence-electron chi connectivity index (χ2n) is 5.28. The molecule has 90 valence electrons. The Labute approximate surface area is 96.3 Å². The summed E-state index contributed by atoms with van der Waals surface area (Å²) in [5.41, 5.74) is 0. The Kier molecular flexibility index (Phi) is 2.86. The fourth-order valence-corrected chi connectivity index (χ4v) is 3.29. The molecule has 1 aliphatic carbocycles. The highest BCUT2D eigenvalue weighted by Crippen LogP contribution is 2.37. The van der Waals surface area contributed by atoms with Crippen molar-refractivity contribution in [2.24, 2.45) is 5.92 Å². The zero-order chi connectivity index (χ0) is 11.0. The first-order valence-corrected chi connectivity index (χ1v) is 6.44. The minimum atomic E-state index is 0.0976. The lowest BCUT2D eigenvalue weighted by atomic mass is 10.1. The van der Waals surface area contributed by atoms with Crippen LogP contribution in [-0.2, 0) is 9.53 Å². The third kappa shape index (κ3) is 1.96. The van der Waals surface area contributed by atoms with Crippen LogP contribution in [0.5, 0.6) is 0 Å². The number of rotatable bonds is 2. The predicted molar refractivity (Wildman–Crippen MR) is 60.1 cm³/mol. The fourth-order valence-electron chi connectivity index (χ4n) is 3.29. The van der Waals surface area contributed by atoms with E-state index in [9.17, 15) is 4.79 Å². The van der Waals surface area contributed by atoms with Crippen molar-refractivity contribution in [3.8, 4) is 0 Å². The molecule has 0 radical (unpaired) electrons. The van der Waals surface area contributed by atoms with E-state index in [1.54, 1.807) is 0 Å². The molecule has 2 bridgehead atoms. The van der Waals surface area contributed by atoms with Gasteiger partial charge in [-0.15, -0.1) is 0 Å². The minimum Gasteiger partial charge on any atom is -0.375 e. The molecule has 3 aliphatic rings. The number of nitrogens with one attached hydrogen (secondary N) is 1. The summed E-state index contributed by atoms with van der Waals surface area (Å²) in [5.74, 6) is 1.10. The molecule has 2 heterocycles. The molecule has 1 amide bonds. The lowest BCUT2D eigenvalue weighted by Crippen LogP contribution is -2.44. The molecular formula is C12H20N2O2. The third-order valence-electron chi connectivity index (χ3n) is 4.14. The van der Waals surface area contributed by atoms with Gasteiger partial charge in [0.2, 0.25) is 5.91 Å². The highest BCUT2D eigenvalue weighted by molar-refractivity contribution is 5.77. The second kappa shape index (κ2) is 4.34. The SMILES string of the molecule is O=C(CC1CNCCO1)N1CC2CCC1C2. The van der Waals surface area contributed by atoms with Crippen LogP contribution in [0.25, 0.3) is 0 Å². The van der Waals surface area contributed by atoms with Crippen molar-refractivity contribution >= 4 is 5.91 Å². The van der Waals surface area contributed by atoms with Gasteiger partial charge in [0.05, 0.1) is 19.1 Å². The van der Waals surface area contributed by atoms with E-state index >= 15 is 0 Å². The number of nitrogens with zero attached hydrogens (tertiary/aromatic N) is 1. The summed E-state index contributed by atoms with van der Waals surface area (Å²) in [6.45, 7) is 3.49. The lowest BCUT2D eigenvalue weighted by molar-refractivity contribution is -0.136. The zero-order valence-corrected chi connectivity index (χ0v) is 9.65. The Morgan fingerprint density at radius 1 is 1.44 bits per heavy atom. The average molecular weight is 224 g/mol. The van der Waals surface area contributed by atoms with Gasteiger partial charge in [-0.2, -0.15) is 0 Å². The van der Waals surface area contributed by atoms with Crippen LogP contribution >= 0.6 is 0 Å². The van der Waals surface area contributed by atoms with Gasteiger partial charge in [-0.25, -0.2) is 0 Å². The van der Waals surface area contributed by atoms with Gasteiger partial charge in [-0.1, -0.05) is 0 Å². The minimum absolute atomic E-state index is 0.0976. The van der Waals surface area contributed by atoms with Gasteiger partial charge in [0.1, 0.15) is 0 Å². The number of hydrogen-bond donors (Lipinski definition) is 1. The monoisotopic (exact) mass is 224 g/mol. The number of morpholine rings is 1. The van der Waals surface area contributed by atoms with Crippen LogP contribution in [0.1, 0.15) is 25.7 Å². The lowest BCUT2D eigenvalue weighted by Gasteiger charge is -2.30. The Balaban J connectivity index is 1.53. The Bertz CT molecular complexity index is 276. The molecule has 2 saturated heterocycles. The number of fused-ring (bicyclic) bond motifs is 2. The molecule has 1 N–H and O–H groups in total. The summed E-state index contributed by atoms with van der Waals surface area (Å²) in [4.78, 5) is 14.2. The molecule has 0 aromatic heterocycles. The van der Waals surface area contributed by atoms with Crippen molar-refractivity contribution < 1.29 is 9.53 Å². The van der Waals surface area contributed by atoms with Gasteiger partial charge in [0.15, 0.2) is 0 Å². The molecule has 16 heavy (non-hydrogen) atoms. The number of hydrogen-bond acceptors (Lipinski definition) is 3. The number of piperidine rings is 1. The van der Waals surface area contributed by atoms with Crippen molar-refractivity contribution in [3.05, 3.63) is 0 Å². The van der Waals surface area contributed by atoms with E-state index in [0.29, 0.717) is 18.4 Å². The zero-order valence-electron chi connectivity index (χ0n) is 9.65. The van der Waals surface area contributed by atoms with Crippen LogP contribution in [0.15, 0.2) is 0 Å². The van der Waals surface area contributed by atoms with E-state index in [4.69, 9.17) is 4.74 Å². The Morgan fingerprint density at radius 2 is 2.38 bits per heavy atom. The van der Waals surface area contributed by atoms with Crippen molar-refractivity contribution in [1.29, 1.82) is 0 Å². The molecule has 0 aromatic carbocycles. The molecule has 0 spiro atoms. The topological polar surface area (TPSA) is 41.6 Å². The summed E-state index contributed by atoms with van der Waals surface area (Å²) in [7, 11) is 0. The highest BCUT2D eigenvalue weighted by Gasteiger charge is 2.40. The molecule has 2 aliphatic heterocycles. The molecule has 1 saturated carbocycles. The quantitative estimate of drug-likeness (QED) is 0.737. The molecule has 0 aromatic rings. The van der Waals surface area contributed by atoms with E-state index in [2.05, 4.69) is 10.2 Å². The molecule has 3 atom stereocenters. The van der Waals surface area contributed by atoms with Gasteiger partial charge in [0, 0.05) is 25.7 Å². The average Bonchev–Trinajstić information content (AvgIpc) is 2.92. The Hall–Kier alpha value is -0.610. The van der Waals surface area contributed by atoms with Crippen molar-refractivity contribution in [1.82, 2.24) is 10.2 Å².